The van der Waals surface area contributed by atoms with Gasteiger partial charge in [0.15, 0.2) is 0 Å². The minimum atomic E-state index is -0.977. The van der Waals surface area contributed by atoms with Gasteiger partial charge >= 0.3 is 5.97 Å². The number of nitrogens with one attached hydrogen (secondary N) is 1. The molecule has 0 aromatic heterocycles. The van der Waals surface area contributed by atoms with Gasteiger partial charge < -0.3 is 15.3 Å². The predicted molar refractivity (Wildman–Crippen MR) is 53.0 cm³/mol. The van der Waals surface area contributed by atoms with Crippen LogP contribution in [0.2, 0.25) is 0 Å². The van der Waals surface area contributed by atoms with Gasteiger partial charge in [-0.1, -0.05) is 13.8 Å². The van der Waals surface area contributed by atoms with Crippen molar-refractivity contribution in [3.8, 4) is 0 Å². The Morgan fingerprint density at radius 2 is 2.00 bits per heavy atom. The van der Waals surface area contributed by atoms with Crippen molar-refractivity contribution < 1.29 is 14.7 Å². The van der Waals surface area contributed by atoms with E-state index >= 15 is 0 Å². The Bertz CT molecular complexity index is 204. The smallest absolute Gasteiger partial charge is 0.323 e. The van der Waals surface area contributed by atoms with Crippen LogP contribution in [-0.4, -0.2) is 48.6 Å². The fraction of sp³-hybridized carbons (Fsp3) is 0.778. The lowest BCUT2D eigenvalue weighted by molar-refractivity contribution is -0.144. The van der Waals surface area contributed by atoms with Crippen molar-refractivity contribution in [1.29, 1.82) is 0 Å². The van der Waals surface area contributed by atoms with Crippen molar-refractivity contribution in [2.24, 2.45) is 5.92 Å². The van der Waals surface area contributed by atoms with Crippen LogP contribution in [0.15, 0.2) is 0 Å². The highest BCUT2D eigenvalue weighted by atomic mass is 16.4. The molecule has 0 spiro atoms. The molecule has 14 heavy (non-hydrogen) atoms. The van der Waals surface area contributed by atoms with Crippen LogP contribution in [0.25, 0.3) is 0 Å². The highest BCUT2D eigenvalue weighted by molar-refractivity contribution is 5.82. The Labute approximate surface area is 84.1 Å². The number of rotatable bonds is 6. The van der Waals surface area contributed by atoms with E-state index < -0.39 is 5.97 Å². The molecule has 0 bridgehead atoms. The summed E-state index contributed by atoms with van der Waals surface area (Å²) in [6.45, 7) is 4.33. The molecule has 2 N–H and O–H groups in total. The molecule has 1 amide bonds. The van der Waals surface area contributed by atoms with Gasteiger partial charge in [0.25, 0.3) is 0 Å². The number of carboxylic acid groups (broad SMARTS) is 1. The van der Waals surface area contributed by atoms with Gasteiger partial charge in [-0.25, -0.2) is 0 Å². The molecule has 0 saturated heterocycles. The van der Waals surface area contributed by atoms with E-state index in [1.54, 1.807) is 7.05 Å². The fourth-order valence-corrected chi connectivity index (χ4v) is 1.12. The standard InChI is InChI=1S/C9H18N2O3/c1-7(2)5-11(6-9(13)14)8(12)4-10-3/h7,10H,4-6H2,1-3H3,(H,13,14). The van der Waals surface area contributed by atoms with E-state index in [9.17, 15) is 9.59 Å². The van der Waals surface area contributed by atoms with Crippen molar-refractivity contribution in [2.45, 2.75) is 13.8 Å². The van der Waals surface area contributed by atoms with Gasteiger partial charge in [-0.05, 0) is 13.0 Å². The lowest BCUT2D eigenvalue weighted by Crippen LogP contribution is -2.42. The summed E-state index contributed by atoms with van der Waals surface area (Å²) in [7, 11) is 1.66. The third kappa shape index (κ3) is 5.53. The highest BCUT2D eigenvalue weighted by Gasteiger charge is 2.16. The molecule has 0 saturated carbocycles. The second kappa shape index (κ2) is 6.37. The number of nitrogens with zero attached hydrogens (tertiary/aromatic N) is 1. The summed E-state index contributed by atoms with van der Waals surface area (Å²) in [5.41, 5.74) is 0. The molecule has 0 aromatic carbocycles. The van der Waals surface area contributed by atoms with Gasteiger partial charge in [-0.3, -0.25) is 9.59 Å². The average Bonchev–Trinajstić information content (AvgIpc) is 2.01. The van der Waals surface area contributed by atoms with E-state index in [-0.39, 0.29) is 24.9 Å². The molecule has 5 heteroatoms. The average molecular weight is 202 g/mol. The molecule has 0 aliphatic heterocycles. The van der Waals surface area contributed by atoms with Crippen LogP contribution >= 0.6 is 0 Å². The first-order valence-electron chi connectivity index (χ1n) is 4.61. The molecule has 0 heterocycles. The third-order valence-corrected chi connectivity index (χ3v) is 1.59. The largest absolute Gasteiger partial charge is 0.480 e. The monoisotopic (exact) mass is 202 g/mol. The number of carboxylic acids is 1. The lowest BCUT2D eigenvalue weighted by Gasteiger charge is -2.22. The second-order valence-electron chi connectivity index (χ2n) is 3.59. The van der Waals surface area contributed by atoms with E-state index in [1.807, 2.05) is 13.8 Å². The maximum Gasteiger partial charge on any atom is 0.323 e. The molecule has 0 aliphatic carbocycles. The molecule has 0 aliphatic rings. The van der Waals surface area contributed by atoms with Gasteiger partial charge in [-0.15, -0.1) is 0 Å². The minimum absolute atomic E-state index is 0.177. The Balaban J connectivity index is 4.22. The lowest BCUT2D eigenvalue weighted by atomic mass is 10.2. The van der Waals surface area contributed by atoms with E-state index in [0.717, 1.165) is 0 Å². The van der Waals surface area contributed by atoms with E-state index in [2.05, 4.69) is 5.32 Å². The molecule has 0 atom stereocenters. The van der Waals surface area contributed by atoms with Crippen molar-refractivity contribution in [3.05, 3.63) is 0 Å². The van der Waals surface area contributed by atoms with Gasteiger partial charge in [0.05, 0.1) is 6.54 Å². The van der Waals surface area contributed by atoms with Crippen LogP contribution in [0.1, 0.15) is 13.8 Å². The van der Waals surface area contributed by atoms with Gasteiger partial charge in [0.1, 0.15) is 6.54 Å². The summed E-state index contributed by atoms with van der Waals surface area (Å²) in [6, 6.07) is 0. The number of amides is 1. The number of aliphatic carboxylic acids is 1. The first-order chi connectivity index (χ1) is 6.47. The van der Waals surface area contributed by atoms with Crippen molar-refractivity contribution >= 4 is 11.9 Å². The van der Waals surface area contributed by atoms with Crippen LogP contribution in [0.5, 0.6) is 0 Å². The summed E-state index contributed by atoms with van der Waals surface area (Å²) >= 11 is 0. The minimum Gasteiger partial charge on any atom is -0.480 e. The molecule has 82 valence electrons. The van der Waals surface area contributed by atoms with Crippen LogP contribution in [0, 0.1) is 5.92 Å². The first-order valence-corrected chi connectivity index (χ1v) is 4.61. The molecule has 0 fully saturated rings. The molecule has 5 nitrogen and oxygen atoms in total. The van der Waals surface area contributed by atoms with Crippen LogP contribution in [0.4, 0.5) is 0 Å². The Morgan fingerprint density at radius 3 is 2.36 bits per heavy atom. The summed E-state index contributed by atoms with van der Waals surface area (Å²) in [5.74, 6) is -0.881. The Kier molecular flexibility index (Phi) is 5.87. The summed E-state index contributed by atoms with van der Waals surface area (Å²) in [5, 5.41) is 11.3. The molecule has 0 rings (SSSR count). The van der Waals surface area contributed by atoms with E-state index in [4.69, 9.17) is 5.11 Å². The molecule has 0 radical (unpaired) electrons. The molecule has 0 unspecified atom stereocenters. The molecule has 0 aromatic rings. The fourth-order valence-electron chi connectivity index (χ4n) is 1.12. The van der Waals surface area contributed by atoms with Crippen molar-refractivity contribution in [1.82, 2.24) is 10.2 Å². The Morgan fingerprint density at radius 1 is 1.43 bits per heavy atom. The normalized spacial score (nSPS) is 10.3. The SMILES string of the molecule is CNCC(=O)N(CC(=O)O)CC(C)C. The van der Waals surface area contributed by atoms with Crippen LogP contribution in [-0.2, 0) is 9.59 Å². The summed E-state index contributed by atoms with van der Waals surface area (Å²) < 4.78 is 0. The number of hydrogen-bond donors (Lipinski definition) is 2. The van der Waals surface area contributed by atoms with Crippen molar-refractivity contribution in [3.63, 3.8) is 0 Å². The maximum atomic E-state index is 11.4. The number of carbonyl (C=O) groups is 2. The zero-order valence-corrected chi connectivity index (χ0v) is 8.91. The van der Waals surface area contributed by atoms with Gasteiger partial charge in [0, 0.05) is 6.54 Å². The molecular formula is C9H18N2O3. The second-order valence-corrected chi connectivity index (χ2v) is 3.59. The van der Waals surface area contributed by atoms with Gasteiger partial charge in [0.2, 0.25) is 5.91 Å². The summed E-state index contributed by atoms with van der Waals surface area (Å²) in [4.78, 5) is 23.3. The highest BCUT2D eigenvalue weighted by Crippen LogP contribution is 1.98. The predicted octanol–water partition coefficient (Wildman–Crippen LogP) is -0.225. The zero-order valence-electron chi connectivity index (χ0n) is 8.91. The Hall–Kier alpha value is -1.10. The first kappa shape index (κ1) is 12.9. The number of hydrogen-bond acceptors (Lipinski definition) is 3. The van der Waals surface area contributed by atoms with Crippen LogP contribution in [0.3, 0.4) is 0 Å². The van der Waals surface area contributed by atoms with E-state index in [0.29, 0.717) is 6.54 Å². The zero-order chi connectivity index (χ0) is 11.1. The summed E-state index contributed by atoms with van der Waals surface area (Å²) in [6.07, 6.45) is 0. The number of likely N-dealkylation sites (N-methyl/N-ethyl adjacent to an activating group) is 1. The van der Waals surface area contributed by atoms with Gasteiger partial charge in [-0.2, -0.15) is 0 Å². The molecular weight excluding hydrogens is 184 g/mol. The van der Waals surface area contributed by atoms with Crippen LogP contribution < -0.4 is 5.32 Å². The topological polar surface area (TPSA) is 69.6 Å². The van der Waals surface area contributed by atoms with E-state index in [1.165, 1.54) is 4.90 Å². The third-order valence-electron chi connectivity index (χ3n) is 1.59. The van der Waals surface area contributed by atoms with Crippen molar-refractivity contribution in [2.75, 3.05) is 26.7 Å². The maximum absolute atomic E-state index is 11.4. The quantitative estimate of drug-likeness (QED) is 0.624. The number of carbonyl (C=O) groups excluding carboxylic acids is 1.